The average molecular weight is 380 g/mol. The standard InChI is InChI=1S/C22H37NO4/c1-14-5-6-19-18(12-23-27-15(2)25)20(8-10-21(14,19)3)22(4)9-7-17(26)11-16(22)13-24/h16-20,23-24,26H,1,5-13H2,2-4H3/t16-,17+,18-,19?,20?,21+,22+/m1/s1. The average Bonchev–Trinajstić information content (AvgIpc) is 2.92. The van der Waals surface area contributed by atoms with Crippen LogP contribution in [0.5, 0.6) is 0 Å². The van der Waals surface area contributed by atoms with Crippen LogP contribution in [0.3, 0.4) is 0 Å². The van der Waals surface area contributed by atoms with Crippen LogP contribution < -0.4 is 5.48 Å². The second-order valence-electron chi connectivity index (χ2n) is 9.73. The molecule has 5 nitrogen and oxygen atoms in total. The highest BCUT2D eigenvalue weighted by molar-refractivity contribution is 5.65. The number of allylic oxidation sites excluding steroid dienone is 1. The van der Waals surface area contributed by atoms with E-state index < -0.39 is 0 Å². The van der Waals surface area contributed by atoms with Crippen molar-refractivity contribution < 1.29 is 19.8 Å². The summed E-state index contributed by atoms with van der Waals surface area (Å²) in [5.74, 6) is 1.14. The summed E-state index contributed by atoms with van der Waals surface area (Å²) >= 11 is 0. The van der Waals surface area contributed by atoms with E-state index >= 15 is 0 Å². The monoisotopic (exact) mass is 379 g/mol. The molecular formula is C22H37NO4. The van der Waals surface area contributed by atoms with Gasteiger partial charge in [-0.05, 0) is 79.4 Å². The van der Waals surface area contributed by atoms with Crippen LogP contribution in [0.1, 0.15) is 65.7 Å². The molecule has 0 radical (unpaired) electrons. The van der Waals surface area contributed by atoms with Gasteiger partial charge in [0.05, 0.1) is 6.10 Å². The first-order valence-electron chi connectivity index (χ1n) is 10.6. The van der Waals surface area contributed by atoms with E-state index in [1.165, 1.54) is 12.5 Å². The van der Waals surface area contributed by atoms with Gasteiger partial charge < -0.3 is 15.1 Å². The van der Waals surface area contributed by atoms with E-state index in [-0.39, 0.29) is 35.4 Å². The van der Waals surface area contributed by atoms with Crippen LogP contribution in [0.15, 0.2) is 12.2 Å². The molecule has 0 amide bonds. The normalized spacial score (nSPS) is 44.8. The Morgan fingerprint density at radius 1 is 1.26 bits per heavy atom. The topological polar surface area (TPSA) is 78.8 Å². The third-order valence-corrected chi connectivity index (χ3v) is 8.50. The third kappa shape index (κ3) is 3.70. The van der Waals surface area contributed by atoms with E-state index in [1.807, 2.05) is 0 Å². The number of rotatable bonds is 5. The zero-order valence-electron chi connectivity index (χ0n) is 17.2. The number of carbonyl (C=O) groups excluding carboxylic acids is 1. The Hall–Kier alpha value is -0.910. The number of hydrogen-bond acceptors (Lipinski definition) is 5. The van der Waals surface area contributed by atoms with Crippen LogP contribution in [-0.2, 0) is 9.63 Å². The molecule has 3 N–H and O–H groups in total. The molecule has 0 heterocycles. The fourth-order valence-corrected chi connectivity index (χ4v) is 6.71. The lowest BCUT2D eigenvalue weighted by atomic mass is 9.49. The van der Waals surface area contributed by atoms with Crippen molar-refractivity contribution in [3.63, 3.8) is 0 Å². The van der Waals surface area contributed by atoms with E-state index in [0.29, 0.717) is 30.7 Å². The van der Waals surface area contributed by atoms with Crippen molar-refractivity contribution in [3.8, 4) is 0 Å². The zero-order valence-corrected chi connectivity index (χ0v) is 17.2. The highest BCUT2D eigenvalue weighted by Gasteiger charge is 2.56. The summed E-state index contributed by atoms with van der Waals surface area (Å²) in [6, 6.07) is 0. The largest absolute Gasteiger partial charge is 0.396 e. The van der Waals surface area contributed by atoms with Crippen LogP contribution in [-0.4, -0.2) is 35.4 Å². The second kappa shape index (κ2) is 7.84. The second-order valence-corrected chi connectivity index (χ2v) is 9.73. The molecule has 3 fully saturated rings. The van der Waals surface area contributed by atoms with Crippen LogP contribution in [0.25, 0.3) is 0 Å². The lowest BCUT2D eigenvalue weighted by Gasteiger charge is -2.56. The molecule has 0 aliphatic heterocycles. The van der Waals surface area contributed by atoms with Crippen molar-refractivity contribution in [1.29, 1.82) is 0 Å². The van der Waals surface area contributed by atoms with Gasteiger partial charge in [-0.2, -0.15) is 5.48 Å². The van der Waals surface area contributed by atoms with Crippen LogP contribution >= 0.6 is 0 Å². The van der Waals surface area contributed by atoms with Gasteiger partial charge in [-0.25, -0.2) is 0 Å². The summed E-state index contributed by atoms with van der Waals surface area (Å²) in [6.45, 7) is 11.2. The number of nitrogens with one attached hydrogen (secondary N) is 1. The minimum absolute atomic E-state index is 0.00179. The van der Waals surface area contributed by atoms with Gasteiger partial charge in [0, 0.05) is 20.1 Å². The molecular weight excluding hydrogens is 342 g/mol. The lowest BCUT2D eigenvalue weighted by molar-refractivity contribution is -0.151. The van der Waals surface area contributed by atoms with Gasteiger partial charge in [0.1, 0.15) is 0 Å². The van der Waals surface area contributed by atoms with Gasteiger partial charge in [-0.1, -0.05) is 26.0 Å². The minimum Gasteiger partial charge on any atom is -0.396 e. The summed E-state index contributed by atoms with van der Waals surface area (Å²) in [4.78, 5) is 16.3. The maximum Gasteiger partial charge on any atom is 0.321 e. The first kappa shape index (κ1) is 20.8. The summed E-state index contributed by atoms with van der Waals surface area (Å²) in [5.41, 5.74) is 4.47. The van der Waals surface area contributed by atoms with E-state index in [0.717, 1.165) is 38.5 Å². The Balaban J connectivity index is 1.87. The Bertz CT molecular complexity index is 579. The quantitative estimate of drug-likeness (QED) is 0.505. The van der Waals surface area contributed by atoms with Gasteiger partial charge in [0.2, 0.25) is 0 Å². The predicted molar refractivity (Wildman–Crippen MR) is 104 cm³/mol. The molecule has 0 aromatic carbocycles. The molecule has 0 aromatic rings. The summed E-state index contributed by atoms with van der Waals surface area (Å²) in [6.07, 6.45) is 6.59. The Labute approximate surface area is 163 Å². The van der Waals surface area contributed by atoms with Gasteiger partial charge in [-0.3, -0.25) is 4.79 Å². The lowest BCUT2D eigenvalue weighted by Crippen LogP contribution is -2.53. The summed E-state index contributed by atoms with van der Waals surface area (Å²) < 4.78 is 0. The molecule has 7 atom stereocenters. The number of fused-ring (bicyclic) bond motifs is 1. The molecule has 0 aromatic heterocycles. The molecule has 154 valence electrons. The smallest absolute Gasteiger partial charge is 0.321 e. The first-order valence-corrected chi connectivity index (χ1v) is 10.6. The number of hydrogen-bond donors (Lipinski definition) is 3. The maximum atomic E-state index is 11.2. The molecule has 0 saturated heterocycles. The Morgan fingerprint density at radius 2 is 2.00 bits per heavy atom. The minimum atomic E-state index is -0.318. The number of carbonyl (C=O) groups is 1. The molecule has 3 aliphatic carbocycles. The maximum absolute atomic E-state index is 11.2. The van der Waals surface area contributed by atoms with Crippen LogP contribution in [0, 0.1) is 34.5 Å². The molecule has 3 rings (SSSR count). The highest BCUT2D eigenvalue weighted by Crippen LogP contribution is 2.63. The fourth-order valence-electron chi connectivity index (χ4n) is 6.71. The van der Waals surface area contributed by atoms with Gasteiger partial charge in [0.25, 0.3) is 0 Å². The van der Waals surface area contributed by atoms with Crippen molar-refractivity contribution in [2.45, 2.75) is 71.8 Å². The van der Waals surface area contributed by atoms with E-state index in [1.54, 1.807) is 0 Å². The fraction of sp³-hybridized carbons (Fsp3) is 0.864. The molecule has 2 unspecified atom stereocenters. The van der Waals surface area contributed by atoms with Gasteiger partial charge >= 0.3 is 5.97 Å². The van der Waals surface area contributed by atoms with Gasteiger partial charge in [-0.15, -0.1) is 0 Å². The zero-order chi connectivity index (χ0) is 19.8. The number of aliphatic hydroxyl groups excluding tert-OH is 2. The molecule has 0 spiro atoms. The van der Waals surface area contributed by atoms with Crippen LogP contribution in [0.4, 0.5) is 0 Å². The Kier molecular flexibility index (Phi) is 6.05. The predicted octanol–water partition coefficient (Wildman–Crippen LogP) is 3.21. The Morgan fingerprint density at radius 3 is 2.67 bits per heavy atom. The van der Waals surface area contributed by atoms with Crippen molar-refractivity contribution in [3.05, 3.63) is 12.2 Å². The first-order chi connectivity index (χ1) is 12.7. The molecule has 3 saturated carbocycles. The van der Waals surface area contributed by atoms with Crippen molar-refractivity contribution in [1.82, 2.24) is 5.48 Å². The van der Waals surface area contributed by atoms with Crippen molar-refractivity contribution in [2.24, 2.45) is 34.5 Å². The summed E-state index contributed by atoms with van der Waals surface area (Å²) in [5, 5.41) is 20.2. The van der Waals surface area contributed by atoms with Crippen molar-refractivity contribution in [2.75, 3.05) is 13.2 Å². The van der Waals surface area contributed by atoms with E-state index in [2.05, 4.69) is 25.9 Å². The number of aliphatic hydroxyl groups is 2. The van der Waals surface area contributed by atoms with Crippen LogP contribution in [0.2, 0.25) is 0 Å². The SMILES string of the molecule is C=C1CCC2[C@@H](CNOC(C)=O)C([C@@]3(C)CC[C@H](O)C[C@@H]3CO)CC[C@@]12C. The van der Waals surface area contributed by atoms with E-state index in [4.69, 9.17) is 4.84 Å². The van der Waals surface area contributed by atoms with E-state index in [9.17, 15) is 15.0 Å². The third-order valence-electron chi connectivity index (χ3n) is 8.50. The van der Waals surface area contributed by atoms with Gasteiger partial charge in [0.15, 0.2) is 0 Å². The molecule has 5 heteroatoms. The number of hydroxylamine groups is 1. The highest BCUT2D eigenvalue weighted by atomic mass is 16.7. The molecule has 0 bridgehead atoms. The van der Waals surface area contributed by atoms with Crippen molar-refractivity contribution >= 4 is 5.97 Å². The molecule has 3 aliphatic rings. The summed E-state index contributed by atoms with van der Waals surface area (Å²) in [7, 11) is 0. The molecule has 27 heavy (non-hydrogen) atoms.